The first-order valence-corrected chi connectivity index (χ1v) is 14.1. The lowest BCUT2D eigenvalue weighted by molar-refractivity contribution is -0.141. The summed E-state index contributed by atoms with van der Waals surface area (Å²) in [5.41, 5.74) is 1.43. The summed E-state index contributed by atoms with van der Waals surface area (Å²) in [6.07, 6.45) is 6.68. The highest BCUT2D eigenvalue weighted by molar-refractivity contribution is 7.98. The zero-order chi connectivity index (χ0) is 26.2. The summed E-state index contributed by atoms with van der Waals surface area (Å²) in [6, 6.07) is 16.2. The van der Waals surface area contributed by atoms with Gasteiger partial charge in [0.25, 0.3) is 0 Å². The molecule has 1 aliphatic heterocycles. The molecule has 2 unspecified atom stereocenters. The summed E-state index contributed by atoms with van der Waals surface area (Å²) < 4.78 is 0. The fraction of sp³-hybridized carbons (Fsp3) is 0.429. The molecule has 4 rings (SSSR count). The van der Waals surface area contributed by atoms with Crippen molar-refractivity contribution in [2.24, 2.45) is 5.92 Å². The maximum Gasteiger partial charge on any atom is 0.327 e. The van der Waals surface area contributed by atoms with Crippen LogP contribution in [0.15, 0.2) is 59.5 Å². The van der Waals surface area contributed by atoms with E-state index in [4.69, 9.17) is 0 Å². The minimum Gasteiger partial charge on any atom is -0.326 e. The number of rotatable bonds is 10. The summed E-state index contributed by atoms with van der Waals surface area (Å²) >= 11 is 1.59. The Labute approximate surface area is 222 Å². The molecule has 2 N–H and O–H groups in total. The minimum atomic E-state index is -0.407. The quantitative estimate of drug-likeness (QED) is 0.339. The first-order chi connectivity index (χ1) is 18.0. The predicted molar refractivity (Wildman–Crippen MR) is 145 cm³/mol. The number of hydrogen-bond acceptors (Lipinski definition) is 5. The molecule has 0 radical (unpaired) electrons. The summed E-state index contributed by atoms with van der Waals surface area (Å²) in [5, 5.41) is 5.75. The van der Waals surface area contributed by atoms with Crippen molar-refractivity contribution in [2.75, 3.05) is 30.0 Å². The second-order valence-electron chi connectivity index (χ2n) is 9.51. The van der Waals surface area contributed by atoms with Gasteiger partial charge in [0.15, 0.2) is 0 Å². The van der Waals surface area contributed by atoms with Gasteiger partial charge in [-0.3, -0.25) is 19.3 Å². The Morgan fingerprint density at radius 2 is 1.65 bits per heavy atom. The fourth-order valence-corrected chi connectivity index (χ4v) is 5.57. The topological polar surface area (TPSA) is 98.8 Å². The number of anilines is 2. The van der Waals surface area contributed by atoms with Gasteiger partial charge >= 0.3 is 6.03 Å². The van der Waals surface area contributed by atoms with Gasteiger partial charge in [0.2, 0.25) is 17.7 Å². The second kappa shape index (κ2) is 12.8. The molecular weight excluding hydrogens is 488 g/mol. The van der Waals surface area contributed by atoms with E-state index in [0.717, 1.165) is 36.3 Å². The van der Waals surface area contributed by atoms with Gasteiger partial charge in [0, 0.05) is 35.3 Å². The van der Waals surface area contributed by atoms with Gasteiger partial charge in [-0.1, -0.05) is 37.1 Å². The molecule has 0 aromatic heterocycles. The number of nitrogens with one attached hydrogen (secondary N) is 2. The second-order valence-corrected chi connectivity index (χ2v) is 10.4. The molecule has 1 saturated heterocycles. The standard InChI is InChI=1S/C28H34N4O4S/c1-37-22-13-9-12-21(18-22)30-26(34)19-32-24-15-6-5-14-23(24)27(35)31(28(32)36)17-8-7-16-25(33)29-20-10-3-2-4-11-20/h2-4,9-13,18,23-24H,5-8,14-17,19H2,1H3,(H,29,33)(H,30,34). The maximum atomic E-state index is 13.4. The molecule has 37 heavy (non-hydrogen) atoms. The van der Waals surface area contributed by atoms with Gasteiger partial charge in [-0.15, -0.1) is 11.8 Å². The van der Waals surface area contributed by atoms with Gasteiger partial charge in [0.1, 0.15) is 6.54 Å². The van der Waals surface area contributed by atoms with Gasteiger partial charge in [-0.05, 0) is 62.3 Å². The Kier molecular flexibility index (Phi) is 9.22. The summed E-state index contributed by atoms with van der Waals surface area (Å²) in [7, 11) is 0. The Hall–Kier alpha value is -3.33. The van der Waals surface area contributed by atoms with Crippen LogP contribution < -0.4 is 10.6 Å². The van der Waals surface area contributed by atoms with Crippen LogP contribution in [0.5, 0.6) is 0 Å². The number of amides is 5. The van der Waals surface area contributed by atoms with Crippen molar-refractivity contribution in [1.82, 2.24) is 9.80 Å². The van der Waals surface area contributed by atoms with Crippen molar-refractivity contribution in [1.29, 1.82) is 0 Å². The third-order valence-electron chi connectivity index (χ3n) is 6.95. The lowest BCUT2D eigenvalue weighted by atomic mass is 9.81. The van der Waals surface area contributed by atoms with Gasteiger partial charge in [-0.2, -0.15) is 0 Å². The molecular formula is C28H34N4O4S. The summed E-state index contributed by atoms with van der Waals surface area (Å²) in [4.78, 5) is 55.7. The highest BCUT2D eigenvalue weighted by Gasteiger charge is 2.47. The third-order valence-corrected chi connectivity index (χ3v) is 7.68. The Bertz CT molecular complexity index is 1130. The van der Waals surface area contributed by atoms with E-state index in [2.05, 4.69) is 10.6 Å². The highest BCUT2D eigenvalue weighted by atomic mass is 32.2. The van der Waals surface area contributed by atoms with Crippen molar-refractivity contribution in [3.8, 4) is 0 Å². The molecule has 196 valence electrons. The van der Waals surface area contributed by atoms with E-state index >= 15 is 0 Å². The zero-order valence-electron chi connectivity index (χ0n) is 21.2. The van der Waals surface area contributed by atoms with Crippen LogP contribution in [0.2, 0.25) is 0 Å². The highest BCUT2D eigenvalue weighted by Crippen LogP contribution is 2.34. The average molecular weight is 523 g/mol. The first kappa shape index (κ1) is 26.7. The zero-order valence-corrected chi connectivity index (χ0v) is 22.0. The Morgan fingerprint density at radius 3 is 2.43 bits per heavy atom. The van der Waals surface area contributed by atoms with E-state index < -0.39 is 6.03 Å². The van der Waals surface area contributed by atoms with E-state index in [9.17, 15) is 19.2 Å². The molecule has 2 aromatic carbocycles. The minimum absolute atomic E-state index is 0.0905. The van der Waals surface area contributed by atoms with Crippen LogP contribution in [0.25, 0.3) is 0 Å². The van der Waals surface area contributed by atoms with E-state index in [0.29, 0.717) is 24.9 Å². The van der Waals surface area contributed by atoms with Crippen LogP contribution in [0.4, 0.5) is 16.2 Å². The predicted octanol–water partition coefficient (Wildman–Crippen LogP) is 4.98. The average Bonchev–Trinajstić information content (AvgIpc) is 2.91. The van der Waals surface area contributed by atoms with Crippen molar-refractivity contribution in [3.63, 3.8) is 0 Å². The number of nitrogens with zero attached hydrogens (tertiary/aromatic N) is 2. The van der Waals surface area contributed by atoms with Crippen LogP contribution in [0.1, 0.15) is 44.9 Å². The maximum absolute atomic E-state index is 13.4. The number of carbonyl (C=O) groups excluding carboxylic acids is 4. The van der Waals surface area contributed by atoms with Crippen LogP contribution in [0, 0.1) is 5.92 Å². The molecule has 8 nitrogen and oxygen atoms in total. The Balaban J connectivity index is 1.35. The van der Waals surface area contributed by atoms with E-state index in [1.54, 1.807) is 16.7 Å². The number of unbranched alkanes of at least 4 members (excludes halogenated alkanes) is 1. The molecule has 9 heteroatoms. The monoisotopic (exact) mass is 522 g/mol. The smallest absolute Gasteiger partial charge is 0.326 e. The van der Waals surface area contributed by atoms with Crippen molar-refractivity contribution in [3.05, 3.63) is 54.6 Å². The normalized spacial score (nSPS) is 19.4. The number of thioether (sulfide) groups is 1. The van der Waals surface area contributed by atoms with Crippen LogP contribution in [-0.2, 0) is 14.4 Å². The summed E-state index contributed by atoms with van der Waals surface area (Å²) in [6.45, 7) is 0.153. The number of para-hydroxylation sites is 1. The molecule has 2 fully saturated rings. The van der Waals surface area contributed by atoms with Crippen LogP contribution >= 0.6 is 11.8 Å². The molecule has 0 bridgehead atoms. The number of fused-ring (bicyclic) bond motifs is 1. The van der Waals surface area contributed by atoms with E-state index in [-0.39, 0.29) is 42.8 Å². The van der Waals surface area contributed by atoms with Crippen LogP contribution in [0.3, 0.4) is 0 Å². The first-order valence-electron chi connectivity index (χ1n) is 12.9. The van der Waals surface area contributed by atoms with Gasteiger partial charge in [-0.25, -0.2) is 4.79 Å². The van der Waals surface area contributed by atoms with Gasteiger partial charge < -0.3 is 15.5 Å². The molecule has 5 amide bonds. The van der Waals surface area contributed by atoms with Crippen molar-refractivity contribution in [2.45, 2.75) is 55.9 Å². The molecule has 0 spiro atoms. The number of hydrogen-bond donors (Lipinski definition) is 2. The molecule has 1 saturated carbocycles. The molecule has 2 aromatic rings. The lowest BCUT2D eigenvalue weighted by Crippen LogP contribution is -2.63. The number of imide groups is 1. The SMILES string of the molecule is CSc1cccc(NC(=O)CN2C(=O)N(CCCCC(=O)Nc3ccccc3)C(=O)C3CCCCC32)c1. The Morgan fingerprint density at radius 1 is 0.919 bits per heavy atom. The third kappa shape index (κ3) is 6.91. The van der Waals surface area contributed by atoms with Crippen molar-refractivity contribution >= 4 is 46.9 Å². The number of urea groups is 1. The van der Waals surface area contributed by atoms with Crippen LogP contribution in [-0.4, -0.2) is 58.9 Å². The molecule has 2 aliphatic rings. The van der Waals surface area contributed by atoms with E-state index in [1.165, 1.54) is 4.90 Å². The fourth-order valence-electron chi connectivity index (χ4n) is 5.11. The molecule has 1 heterocycles. The van der Waals surface area contributed by atoms with Crippen molar-refractivity contribution < 1.29 is 19.2 Å². The molecule has 1 aliphatic carbocycles. The largest absolute Gasteiger partial charge is 0.327 e. The summed E-state index contributed by atoms with van der Waals surface area (Å²) in [5.74, 6) is -0.797. The number of benzene rings is 2. The molecule has 2 atom stereocenters. The van der Waals surface area contributed by atoms with E-state index in [1.807, 2.05) is 60.9 Å². The van der Waals surface area contributed by atoms with Gasteiger partial charge in [0.05, 0.1) is 5.92 Å². The number of carbonyl (C=O) groups is 4. The lowest BCUT2D eigenvalue weighted by Gasteiger charge is -2.46.